The van der Waals surface area contributed by atoms with Gasteiger partial charge in [-0.1, -0.05) is 49.7 Å². The summed E-state index contributed by atoms with van der Waals surface area (Å²) < 4.78 is 18.4. The van der Waals surface area contributed by atoms with Crippen molar-refractivity contribution in [3.05, 3.63) is 0 Å². The van der Waals surface area contributed by atoms with Gasteiger partial charge in [0.25, 0.3) is 0 Å². The lowest BCUT2D eigenvalue weighted by Gasteiger charge is -2.24. The molecule has 1 heterocycles. The molecule has 0 aliphatic heterocycles. The molecule has 1 aromatic heterocycles. The molecule has 0 unspecified atom stereocenters. The van der Waals surface area contributed by atoms with Crippen LogP contribution >= 0.6 is 23.5 Å². The molecule has 0 saturated carbocycles. The van der Waals surface area contributed by atoms with Gasteiger partial charge >= 0.3 is 8.80 Å². The van der Waals surface area contributed by atoms with E-state index in [1.165, 1.54) is 25.7 Å². The van der Waals surface area contributed by atoms with E-state index >= 15 is 0 Å². The van der Waals surface area contributed by atoms with Crippen molar-refractivity contribution in [3.63, 3.8) is 0 Å². The number of thioether (sulfide) groups is 2. The van der Waals surface area contributed by atoms with Gasteiger partial charge in [0, 0.05) is 39.7 Å². The van der Waals surface area contributed by atoms with E-state index < -0.39 is 8.80 Å². The molecule has 0 radical (unpaired) electrons. The third-order valence-corrected chi connectivity index (χ3v) is 8.24. The summed E-state index contributed by atoms with van der Waals surface area (Å²) in [5, 5.41) is 6.42. The van der Waals surface area contributed by atoms with Crippen LogP contribution in [-0.4, -0.2) is 56.9 Å². The van der Waals surface area contributed by atoms with Crippen molar-refractivity contribution in [1.82, 2.24) is 14.8 Å². The first-order valence-corrected chi connectivity index (χ1v) is 12.6. The maximum absolute atomic E-state index is 5.47. The number of hydrogen-bond donors (Lipinski definition) is 0. The lowest BCUT2D eigenvalue weighted by molar-refractivity contribution is 0.122. The Morgan fingerprint density at radius 3 is 2.33 bits per heavy atom. The molecule has 6 nitrogen and oxygen atoms in total. The number of hydrogen-bond acceptors (Lipinski definition) is 7. The molecule has 24 heavy (non-hydrogen) atoms. The van der Waals surface area contributed by atoms with Crippen molar-refractivity contribution < 1.29 is 13.3 Å². The zero-order valence-electron chi connectivity index (χ0n) is 15.5. The quantitative estimate of drug-likeness (QED) is 0.269. The van der Waals surface area contributed by atoms with Crippen LogP contribution in [0.15, 0.2) is 10.3 Å². The molecular formula is C15H31N3O3S2Si. The molecule has 0 bridgehead atoms. The standard InChI is InChI=1S/C15H31N3O3S2Si/c1-6-7-8-9-12-23-15-16-14(22-5)17-18(15)11-10-13-24(19-2,20-3)21-4/h6-13H2,1-5H3. The van der Waals surface area contributed by atoms with Gasteiger partial charge in [-0.2, -0.15) is 4.98 Å². The number of aryl methyl sites for hydroxylation is 1. The van der Waals surface area contributed by atoms with E-state index in [1.54, 1.807) is 44.9 Å². The van der Waals surface area contributed by atoms with E-state index in [0.29, 0.717) is 0 Å². The summed E-state index contributed by atoms with van der Waals surface area (Å²) in [6.45, 7) is 3.04. The summed E-state index contributed by atoms with van der Waals surface area (Å²) >= 11 is 3.38. The third kappa shape index (κ3) is 7.05. The Labute approximate surface area is 155 Å². The molecule has 0 aliphatic carbocycles. The van der Waals surface area contributed by atoms with Gasteiger partial charge in [-0.15, -0.1) is 5.10 Å². The third-order valence-electron chi connectivity index (χ3n) is 3.82. The first kappa shape index (κ1) is 22.0. The summed E-state index contributed by atoms with van der Waals surface area (Å²) in [5.41, 5.74) is 0. The highest BCUT2D eigenvalue weighted by Gasteiger charge is 2.37. The molecule has 0 saturated heterocycles. The molecule has 9 heteroatoms. The van der Waals surface area contributed by atoms with E-state index in [9.17, 15) is 0 Å². The van der Waals surface area contributed by atoms with Gasteiger partial charge in [0.1, 0.15) is 0 Å². The van der Waals surface area contributed by atoms with Crippen molar-refractivity contribution >= 4 is 32.3 Å². The first-order valence-electron chi connectivity index (χ1n) is 8.41. The summed E-state index contributed by atoms with van der Waals surface area (Å²) in [7, 11) is 2.45. The Morgan fingerprint density at radius 2 is 1.75 bits per heavy atom. The number of unbranched alkanes of at least 4 members (excludes halogenated alkanes) is 3. The molecule has 1 aromatic rings. The molecule has 0 aromatic carbocycles. The van der Waals surface area contributed by atoms with Gasteiger partial charge in [0.2, 0.25) is 5.16 Å². The Balaban J connectivity index is 2.55. The van der Waals surface area contributed by atoms with E-state index in [2.05, 4.69) is 17.0 Å². The fraction of sp³-hybridized carbons (Fsp3) is 0.867. The van der Waals surface area contributed by atoms with Crippen LogP contribution < -0.4 is 0 Å². The second-order valence-electron chi connectivity index (χ2n) is 5.41. The number of nitrogens with zero attached hydrogens (tertiary/aromatic N) is 3. The molecule has 140 valence electrons. The average molecular weight is 394 g/mol. The Hall–Kier alpha value is -0.0631. The molecule has 1 rings (SSSR count). The van der Waals surface area contributed by atoms with E-state index in [-0.39, 0.29) is 0 Å². The van der Waals surface area contributed by atoms with Crippen LogP contribution in [0.5, 0.6) is 0 Å². The number of rotatable bonds is 14. The van der Waals surface area contributed by atoms with Gasteiger partial charge < -0.3 is 13.3 Å². The molecule has 0 amide bonds. The smallest absolute Gasteiger partial charge is 0.377 e. The van der Waals surface area contributed by atoms with Crippen LogP contribution in [0.25, 0.3) is 0 Å². The minimum atomic E-state index is -2.50. The van der Waals surface area contributed by atoms with Crippen LogP contribution in [0.4, 0.5) is 0 Å². The normalized spacial score (nSPS) is 12.0. The van der Waals surface area contributed by atoms with Gasteiger partial charge in [0.05, 0.1) is 0 Å². The molecule has 0 fully saturated rings. The largest absolute Gasteiger partial charge is 0.500 e. The van der Waals surface area contributed by atoms with Crippen LogP contribution in [-0.2, 0) is 19.8 Å². The second kappa shape index (κ2) is 12.3. The average Bonchev–Trinajstić information content (AvgIpc) is 3.01. The van der Waals surface area contributed by atoms with E-state index in [0.717, 1.165) is 35.1 Å². The van der Waals surface area contributed by atoms with Gasteiger partial charge in [-0.05, 0) is 19.1 Å². The minimum absolute atomic E-state index is 0.769. The minimum Gasteiger partial charge on any atom is -0.377 e. The first-order chi connectivity index (χ1) is 11.6. The summed E-state index contributed by atoms with van der Waals surface area (Å²) in [6.07, 6.45) is 7.99. The molecule has 0 spiro atoms. The highest BCUT2D eigenvalue weighted by atomic mass is 32.2. The second-order valence-corrected chi connectivity index (χ2v) is 10.3. The maximum atomic E-state index is 5.47. The Morgan fingerprint density at radius 1 is 1.04 bits per heavy atom. The Bertz CT molecular complexity index is 451. The van der Waals surface area contributed by atoms with Gasteiger partial charge in [0.15, 0.2) is 5.16 Å². The van der Waals surface area contributed by atoms with Crippen molar-refractivity contribution in [2.45, 2.75) is 61.9 Å². The highest BCUT2D eigenvalue weighted by molar-refractivity contribution is 7.99. The van der Waals surface area contributed by atoms with Crippen LogP contribution in [0.1, 0.15) is 39.0 Å². The van der Waals surface area contributed by atoms with Crippen molar-refractivity contribution in [3.8, 4) is 0 Å². The van der Waals surface area contributed by atoms with Crippen LogP contribution in [0.2, 0.25) is 6.04 Å². The molecular weight excluding hydrogens is 362 g/mol. The van der Waals surface area contributed by atoms with Gasteiger partial charge in [-0.3, -0.25) is 0 Å². The molecule has 0 N–H and O–H groups in total. The van der Waals surface area contributed by atoms with Crippen LogP contribution in [0.3, 0.4) is 0 Å². The topological polar surface area (TPSA) is 58.4 Å². The number of aromatic nitrogens is 3. The zero-order chi connectivity index (χ0) is 17.8. The monoisotopic (exact) mass is 393 g/mol. The van der Waals surface area contributed by atoms with E-state index in [1.807, 2.05) is 10.9 Å². The fourth-order valence-corrected chi connectivity index (χ4v) is 5.42. The summed E-state index contributed by atoms with van der Waals surface area (Å²) in [6, 6.07) is 0.769. The van der Waals surface area contributed by atoms with Crippen LogP contribution in [0, 0.1) is 0 Å². The van der Waals surface area contributed by atoms with E-state index in [4.69, 9.17) is 13.3 Å². The predicted molar refractivity (Wildman–Crippen MR) is 103 cm³/mol. The fourth-order valence-electron chi connectivity index (χ4n) is 2.34. The van der Waals surface area contributed by atoms with Crippen molar-refractivity contribution in [2.75, 3.05) is 33.3 Å². The summed E-state index contributed by atoms with van der Waals surface area (Å²) in [4.78, 5) is 4.62. The zero-order valence-corrected chi connectivity index (χ0v) is 18.2. The lowest BCUT2D eigenvalue weighted by atomic mass is 10.2. The molecule has 0 atom stereocenters. The summed E-state index contributed by atoms with van der Waals surface area (Å²) in [5.74, 6) is 1.10. The lowest BCUT2D eigenvalue weighted by Crippen LogP contribution is -2.42. The van der Waals surface area contributed by atoms with Gasteiger partial charge in [-0.25, -0.2) is 4.68 Å². The SMILES string of the molecule is CCCCCCSc1nc(SC)nn1CCC[Si](OC)(OC)OC. The maximum Gasteiger partial charge on any atom is 0.500 e. The van der Waals surface area contributed by atoms with Crippen molar-refractivity contribution in [1.29, 1.82) is 0 Å². The predicted octanol–water partition coefficient (Wildman–Crippen LogP) is 3.94. The molecule has 0 aliphatic rings. The van der Waals surface area contributed by atoms with Crippen molar-refractivity contribution in [2.24, 2.45) is 0 Å². The highest BCUT2D eigenvalue weighted by Crippen LogP contribution is 2.23. The Kier molecular flexibility index (Phi) is 11.3.